The summed E-state index contributed by atoms with van der Waals surface area (Å²) < 4.78 is 11.0. The Labute approximate surface area is 100 Å². The summed E-state index contributed by atoms with van der Waals surface area (Å²) >= 11 is -2.64. The maximum absolute atomic E-state index is 3.85. The first-order valence-corrected chi connectivity index (χ1v) is 9.31. The van der Waals surface area contributed by atoms with Gasteiger partial charge in [-0.15, -0.1) is 0 Å². The molecule has 0 unspecified atom stereocenters. The average molecular weight is 297 g/mol. The first-order chi connectivity index (χ1) is 6.54. The summed E-state index contributed by atoms with van der Waals surface area (Å²) in [6, 6.07) is 0. The Kier molecular flexibility index (Phi) is 5.48. The average Bonchev–Trinajstić information content (AvgIpc) is 1.96. The summed E-state index contributed by atoms with van der Waals surface area (Å²) in [6.45, 7) is 6.69. The minimum atomic E-state index is -2.64. The molecular weight excluding hydrogens is 269 g/mol. The monoisotopic (exact) mass is 297 g/mol. The van der Waals surface area contributed by atoms with Gasteiger partial charge in [0.25, 0.3) is 0 Å². The number of nitrogens with zero attached hydrogens (tertiary/aromatic N) is 3. The van der Waals surface area contributed by atoms with Gasteiger partial charge in [0.15, 0.2) is 0 Å². The first kappa shape index (κ1) is 15.6. The number of rotatable bonds is 4. The van der Waals surface area contributed by atoms with Crippen LogP contribution in [0.4, 0.5) is 0 Å². The molecule has 0 aromatic carbocycles. The Morgan fingerprint density at radius 1 is 0.733 bits per heavy atom. The predicted octanol–water partition coefficient (Wildman–Crippen LogP) is 0.873. The van der Waals surface area contributed by atoms with Crippen molar-refractivity contribution in [2.45, 2.75) is 26.3 Å². The summed E-state index contributed by atoms with van der Waals surface area (Å²) in [4.78, 5) is 0. The molecule has 0 radical (unpaired) electrons. The number of hydrogen-bond acceptors (Lipinski definition) is 4. The second-order valence-electron chi connectivity index (χ2n) is 5.47. The Balaban J connectivity index is 5.15. The van der Waals surface area contributed by atoms with Gasteiger partial charge in [-0.25, -0.2) is 0 Å². The zero-order valence-electron chi connectivity index (χ0n) is 11.8. The van der Waals surface area contributed by atoms with Crippen molar-refractivity contribution in [3.8, 4) is 0 Å². The molecule has 0 aliphatic heterocycles. The van der Waals surface area contributed by atoms with Crippen LogP contribution in [0, 0.1) is 0 Å². The van der Waals surface area contributed by atoms with Crippen LogP contribution in [0.15, 0.2) is 0 Å². The van der Waals surface area contributed by atoms with Gasteiger partial charge in [0.05, 0.1) is 0 Å². The Bertz CT molecular complexity index is 174. The zero-order chi connectivity index (χ0) is 12.4. The van der Waals surface area contributed by atoms with Gasteiger partial charge in [-0.05, 0) is 0 Å². The van der Waals surface area contributed by atoms with Crippen molar-refractivity contribution in [1.29, 1.82) is 0 Å². The molecule has 0 aliphatic rings. The topological polar surface area (TPSA) is 21.8 Å². The van der Waals surface area contributed by atoms with E-state index in [0.29, 0.717) is 0 Å². The number of nitrogens with one attached hydrogen (secondary N) is 1. The molecule has 1 N–H and O–H groups in total. The van der Waals surface area contributed by atoms with Crippen LogP contribution in [0.25, 0.3) is 0 Å². The van der Waals surface area contributed by atoms with E-state index in [1.165, 1.54) is 0 Å². The fourth-order valence-corrected chi connectivity index (χ4v) is 10.8. The van der Waals surface area contributed by atoms with Crippen LogP contribution in [-0.2, 0) is 18.2 Å². The van der Waals surface area contributed by atoms with Crippen LogP contribution in [0.2, 0.25) is 0 Å². The molecule has 0 heterocycles. The molecule has 0 amide bonds. The van der Waals surface area contributed by atoms with Gasteiger partial charge in [0.1, 0.15) is 0 Å². The zero-order valence-corrected chi connectivity index (χ0v) is 14.0. The Morgan fingerprint density at radius 3 is 1.07 bits per heavy atom. The van der Waals surface area contributed by atoms with Crippen molar-refractivity contribution in [3.63, 3.8) is 0 Å². The van der Waals surface area contributed by atoms with E-state index in [1.54, 1.807) is 0 Å². The van der Waals surface area contributed by atoms with Gasteiger partial charge in [0, 0.05) is 0 Å². The Hall–Kier alpha value is 0.580. The van der Waals surface area contributed by atoms with Crippen LogP contribution >= 0.6 is 0 Å². The Morgan fingerprint density at radius 2 is 1.00 bits per heavy atom. The fourth-order valence-electron chi connectivity index (χ4n) is 1.82. The minimum absolute atomic E-state index is 0.143. The third kappa shape index (κ3) is 3.82. The molecule has 93 valence electrons. The molecule has 0 bridgehead atoms. The summed E-state index contributed by atoms with van der Waals surface area (Å²) in [6.07, 6.45) is 0. The van der Waals surface area contributed by atoms with Crippen molar-refractivity contribution >= 4 is 0 Å². The molecule has 0 aromatic rings. The van der Waals surface area contributed by atoms with E-state index in [4.69, 9.17) is 0 Å². The van der Waals surface area contributed by atoms with Crippen LogP contribution in [0.3, 0.4) is 0 Å². The van der Waals surface area contributed by atoms with Gasteiger partial charge < -0.3 is 0 Å². The first-order valence-electron chi connectivity index (χ1n) is 5.26. The molecule has 0 saturated carbocycles. The van der Waals surface area contributed by atoms with Gasteiger partial charge in [0.2, 0.25) is 0 Å². The summed E-state index contributed by atoms with van der Waals surface area (Å²) in [5, 5.41) is 0. The molecule has 0 fully saturated rings. The summed E-state index contributed by atoms with van der Waals surface area (Å²) in [5.41, 5.74) is 0.143. The van der Waals surface area contributed by atoms with Crippen molar-refractivity contribution in [2.75, 3.05) is 42.3 Å². The van der Waals surface area contributed by atoms with E-state index in [-0.39, 0.29) is 5.54 Å². The van der Waals surface area contributed by atoms with Crippen LogP contribution in [-0.4, -0.2) is 57.7 Å². The molecular formula is C10H28N4Nb. The second kappa shape index (κ2) is 5.27. The van der Waals surface area contributed by atoms with Crippen molar-refractivity contribution < 1.29 is 18.2 Å². The predicted molar refractivity (Wildman–Crippen MR) is 63.9 cm³/mol. The van der Waals surface area contributed by atoms with E-state index in [0.717, 1.165) is 0 Å². The molecule has 0 atom stereocenters. The van der Waals surface area contributed by atoms with E-state index >= 15 is 0 Å². The molecule has 0 aromatic heterocycles. The third-order valence-corrected chi connectivity index (χ3v) is 12.8. The molecule has 5 heteroatoms. The van der Waals surface area contributed by atoms with Gasteiger partial charge >= 0.3 is 100 Å². The van der Waals surface area contributed by atoms with E-state index in [2.05, 4.69) is 76.7 Å². The second-order valence-corrected chi connectivity index (χ2v) is 14.7. The summed E-state index contributed by atoms with van der Waals surface area (Å²) in [5.74, 6) is 0. The molecule has 0 aliphatic carbocycles. The van der Waals surface area contributed by atoms with Gasteiger partial charge in [-0.2, -0.15) is 0 Å². The van der Waals surface area contributed by atoms with Crippen molar-refractivity contribution in [2.24, 2.45) is 0 Å². The molecule has 0 saturated heterocycles. The van der Waals surface area contributed by atoms with E-state index in [9.17, 15) is 0 Å². The van der Waals surface area contributed by atoms with E-state index < -0.39 is 18.2 Å². The van der Waals surface area contributed by atoms with Gasteiger partial charge in [-0.3, -0.25) is 0 Å². The molecule has 0 spiro atoms. The molecule has 15 heavy (non-hydrogen) atoms. The standard InChI is InChI=1S/C4H10N.3C2H6N.Nb/c1-4(2,3)5;3*1-3-2;/h5H,1-3H3;3*1-2H3;/q4*-1;+4. The van der Waals surface area contributed by atoms with Gasteiger partial charge in [-0.1, -0.05) is 0 Å². The van der Waals surface area contributed by atoms with E-state index in [1.807, 2.05) is 0 Å². The van der Waals surface area contributed by atoms with Crippen molar-refractivity contribution in [3.05, 3.63) is 0 Å². The molecule has 0 rings (SSSR count). The van der Waals surface area contributed by atoms with Crippen LogP contribution in [0.1, 0.15) is 20.8 Å². The van der Waals surface area contributed by atoms with Crippen LogP contribution < -0.4 is 3.72 Å². The maximum atomic E-state index is 3.85. The van der Waals surface area contributed by atoms with Crippen LogP contribution in [0.5, 0.6) is 0 Å². The fraction of sp³-hybridized carbons (Fsp3) is 1.00. The molecule has 4 nitrogen and oxygen atoms in total. The van der Waals surface area contributed by atoms with Crippen molar-refractivity contribution in [1.82, 2.24) is 13.6 Å². The third-order valence-electron chi connectivity index (χ3n) is 2.16. The normalized spacial score (nSPS) is 14.4. The quantitative estimate of drug-likeness (QED) is 0.777. The number of hydrogen-bond donors (Lipinski definition) is 1. The summed E-state index contributed by atoms with van der Waals surface area (Å²) in [7, 11) is 13.0. The SMILES string of the molecule is C[N](C)[Nb]([NH]C(C)(C)C)([N](C)C)[N](C)C.